The Morgan fingerprint density at radius 2 is 1.79 bits per heavy atom. The molecule has 6 nitrogen and oxygen atoms in total. The van der Waals surface area contributed by atoms with Crippen molar-refractivity contribution in [3.05, 3.63) is 71.2 Å². The molecule has 1 N–H and O–H groups in total. The van der Waals surface area contributed by atoms with E-state index in [1.54, 1.807) is 24.7 Å². The van der Waals surface area contributed by atoms with E-state index >= 15 is 0 Å². The average molecular weight is 472 g/mol. The number of aromatic nitrogens is 2. The maximum Gasteiger partial charge on any atom is 0.416 e. The van der Waals surface area contributed by atoms with Gasteiger partial charge in [-0.1, -0.05) is 12.1 Å². The molecule has 4 rings (SSSR count). The lowest BCUT2D eigenvalue weighted by Gasteiger charge is -2.33. The summed E-state index contributed by atoms with van der Waals surface area (Å²) in [7, 11) is 3.86. The smallest absolute Gasteiger partial charge is 0.334 e. The first-order chi connectivity index (χ1) is 16.1. The van der Waals surface area contributed by atoms with E-state index in [9.17, 15) is 18.0 Å². The van der Waals surface area contributed by atoms with Crippen molar-refractivity contribution < 1.29 is 18.0 Å². The summed E-state index contributed by atoms with van der Waals surface area (Å²) in [6.45, 7) is 5.25. The summed E-state index contributed by atoms with van der Waals surface area (Å²) in [4.78, 5) is 21.2. The molecule has 0 saturated carbocycles. The SMILES string of the molecule is Cc1ccc(C(=O)Nc2ccc(CN3CCN(C)CC3)c(C(F)(F)F)c2)cc1-c1cncn1C. The van der Waals surface area contributed by atoms with Gasteiger partial charge in [0.2, 0.25) is 0 Å². The number of imidazole rings is 1. The molecule has 0 atom stereocenters. The molecule has 180 valence electrons. The predicted molar refractivity (Wildman–Crippen MR) is 126 cm³/mol. The molecule has 1 aliphatic rings. The Labute approximate surface area is 197 Å². The number of carbonyl (C=O) groups excluding carboxylic acids is 1. The molecule has 2 aromatic carbocycles. The number of likely N-dealkylation sites (N-methyl/N-ethyl adjacent to an activating group) is 1. The average Bonchev–Trinajstić information content (AvgIpc) is 3.21. The first-order valence-electron chi connectivity index (χ1n) is 11.1. The summed E-state index contributed by atoms with van der Waals surface area (Å²) in [5.74, 6) is -0.469. The fourth-order valence-corrected chi connectivity index (χ4v) is 4.16. The number of nitrogens with one attached hydrogen (secondary N) is 1. The van der Waals surface area contributed by atoms with E-state index in [1.807, 2.05) is 36.6 Å². The minimum Gasteiger partial charge on any atom is -0.334 e. The number of halogens is 3. The van der Waals surface area contributed by atoms with Gasteiger partial charge >= 0.3 is 6.18 Å². The van der Waals surface area contributed by atoms with Crippen LogP contribution in [0.5, 0.6) is 0 Å². The lowest BCUT2D eigenvalue weighted by Crippen LogP contribution is -2.44. The van der Waals surface area contributed by atoms with Crippen molar-refractivity contribution in [3.63, 3.8) is 0 Å². The molecular weight excluding hydrogens is 443 g/mol. The van der Waals surface area contributed by atoms with Gasteiger partial charge in [0.1, 0.15) is 0 Å². The van der Waals surface area contributed by atoms with Crippen LogP contribution in [0, 0.1) is 6.92 Å². The maximum atomic E-state index is 13.8. The van der Waals surface area contributed by atoms with Crippen LogP contribution < -0.4 is 5.32 Å². The normalized spacial score (nSPS) is 15.5. The Hall–Kier alpha value is -3.17. The molecular formula is C25H28F3N5O. The molecule has 1 amide bonds. The molecule has 2 heterocycles. The van der Waals surface area contributed by atoms with Gasteiger partial charge in [-0.15, -0.1) is 0 Å². The van der Waals surface area contributed by atoms with Crippen LogP contribution in [-0.2, 0) is 19.8 Å². The molecule has 0 unspecified atom stereocenters. The van der Waals surface area contributed by atoms with E-state index in [0.29, 0.717) is 5.56 Å². The molecule has 1 fully saturated rings. The highest BCUT2D eigenvalue weighted by molar-refractivity contribution is 6.05. The van der Waals surface area contributed by atoms with Gasteiger partial charge in [-0.2, -0.15) is 13.2 Å². The van der Waals surface area contributed by atoms with Crippen LogP contribution in [0.15, 0.2) is 48.9 Å². The first kappa shape index (κ1) is 24.0. The molecule has 0 aliphatic carbocycles. The highest BCUT2D eigenvalue weighted by Gasteiger charge is 2.34. The van der Waals surface area contributed by atoms with E-state index in [2.05, 4.69) is 15.2 Å². The molecule has 3 aromatic rings. The predicted octanol–water partition coefficient (Wildman–Crippen LogP) is 4.41. The van der Waals surface area contributed by atoms with Crippen molar-refractivity contribution in [2.75, 3.05) is 38.5 Å². The van der Waals surface area contributed by atoms with Gasteiger partial charge in [0.05, 0.1) is 23.8 Å². The van der Waals surface area contributed by atoms with Gasteiger partial charge in [-0.3, -0.25) is 9.69 Å². The second kappa shape index (κ2) is 9.60. The lowest BCUT2D eigenvalue weighted by atomic mass is 10.0. The number of amides is 1. The monoisotopic (exact) mass is 471 g/mol. The highest BCUT2D eigenvalue weighted by Crippen LogP contribution is 2.35. The Morgan fingerprint density at radius 3 is 2.44 bits per heavy atom. The minimum absolute atomic E-state index is 0.113. The van der Waals surface area contributed by atoms with Crippen molar-refractivity contribution in [3.8, 4) is 11.3 Å². The van der Waals surface area contributed by atoms with E-state index < -0.39 is 17.6 Å². The summed E-state index contributed by atoms with van der Waals surface area (Å²) < 4.78 is 43.4. The standard InChI is InChI=1S/C25H28F3N5O/c1-17-4-5-18(12-21(17)23-14-29-16-32(23)3)24(34)30-20-7-6-19(22(13-20)25(26,27)28)15-33-10-8-31(2)9-11-33/h4-7,12-14,16H,8-11,15H2,1-3H3,(H,30,34). The van der Waals surface area contributed by atoms with Crippen molar-refractivity contribution in [1.82, 2.24) is 19.4 Å². The van der Waals surface area contributed by atoms with Gasteiger partial charge in [0, 0.05) is 56.6 Å². The Balaban J connectivity index is 1.56. The van der Waals surface area contributed by atoms with Crippen LogP contribution in [0.3, 0.4) is 0 Å². The van der Waals surface area contributed by atoms with Crippen LogP contribution >= 0.6 is 0 Å². The summed E-state index contributed by atoms with van der Waals surface area (Å²) in [6.07, 6.45) is -1.14. The van der Waals surface area contributed by atoms with E-state index in [1.165, 1.54) is 12.1 Å². The number of anilines is 1. The number of alkyl halides is 3. The van der Waals surface area contributed by atoms with Crippen LogP contribution in [0.25, 0.3) is 11.3 Å². The molecule has 1 saturated heterocycles. The molecule has 0 bridgehead atoms. The van der Waals surface area contributed by atoms with Crippen molar-refractivity contribution in [2.45, 2.75) is 19.6 Å². The topological polar surface area (TPSA) is 53.4 Å². The van der Waals surface area contributed by atoms with Gasteiger partial charge in [0.15, 0.2) is 0 Å². The number of carbonyl (C=O) groups is 1. The summed E-state index contributed by atoms with van der Waals surface area (Å²) in [5.41, 5.74) is 2.62. The van der Waals surface area contributed by atoms with Crippen LogP contribution in [0.2, 0.25) is 0 Å². The molecule has 34 heavy (non-hydrogen) atoms. The summed E-state index contributed by atoms with van der Waals surface area (Å²) in [5, 5.41) is 2.63. The van der Waals surface area contributed by atoms with Gasteiger partial charge in [0.25, 0.3) is 5.91 Å². The van der Waals surface area contributed by atoms with Crippen molar-refractivity contribution in [2.24, 2.45) is 7.05 Å². The van der Waals surface area contributed by atoms with Gasteiger partial charge in [-0.05, 0) is 49.4 Å². The fourth-order valence-electron chi connectivity index (χ4n) is 4.16. The number of hydrogen-bond acceptors (Lipinski definition) is 4. The number of nitrogens with zero attached hydrogens (tertiary/aromatic N) is 4. The van der Waals surface area contributed by atoms with Crippen LogP contribution in [0.4, 0.5) is 18.9 Å². The number of aryl methyl sites for hydroxylation is 2. The molecule has 0 radical (unpaired) electrons. The van der Waals surface area contributed by atoms with E-state index in [-0.39, 0.29) is 17.8 Å². The maximum absolute atomic E-state index is 13.8. The van der Waals surface area contributed by atoms with E-state index in [4.69, 9.17) is 0 Å². The third kappa shape index (κ3) is 5.31. The third-order valence-electron chi connectivity index (χ3n) is 6.26. The van der Waals surface area contributed by atoms with Crippen molar-refractivity contribution in [1.29, 1.82) is 0 Å². The molecule has 9 heteroatoms. The van der Waals surface area contributed by atoms with Crippen molar-refractivity contribution >= 4 is 11.6 Å². The molecule has 0 spiro atoms. The molecule has 1 aliphatic heterocycles. The second-order valence-electron chi connectivity index (χ2n) is 8.82. The highest BCUT2D eigenvalue weighted by atomic mass is 19.4. The van der Waals surface area contributed by atoms with Gasteiger partial charge < -0.3 is 14.8 Å². The van der Waals surface area contributed by atoms with Gasteiger partial charge in [-0.25, -0.2) is 4.98 Å². The van der Waals surface area contributed by atoms with Crippen LogP contribution in [-0.4, -0.2) is 58.5 Å². The second-order valence-corrected chi connectivity index (χ2v) is 8.82. The van der Waals surface area contributed by atoms with Crippen LogP contribution in [0.1, 0.15) is 27.0 Å². The zero-order valence-corrected chi connectivity index (χ0v) is 19.5. The lowest BCUT2D eigenvalue weighted by molar-refractivity contribution is -0.138. The Kier molecular flexibility index (Phi) is 6.77. The summed E-state index contributed by atoms with van der Waals surface area (Å²) >= 11 is 0. The zero-order chi connectivity index (χ0) is 24.5. The Bertz CT molecular complexity index is 1180. The zero-order valence-electron chi connectivity index (χ0n) is 19.5. The third-order valence-corrected chi connectivity index (χ3v) is 6.26. The Morgan fingerprint density at radius 1 is 1.06 bits per heavy atom. The number of piperazine rings is 1. The van der Waals surface area contributed by atoms with E-state index in [0.717, 1.165) is 49.1 Å². The largest absolute Gasteiger partial charge is 0.416 e. The quantitative estimate of drug-likeness (QED) is 0.599. The summed E-state index contributed by atoms with van der Waals surface area (Å²) in [6, 6.07) is 9.24. The number of hydrogen-bond donors (Lipinski definition) is 1. The minimum atomic E-state index is -4.51. The number of benzene rings is 2. The number of rotatable bonds is 5. The first-order valence-corrected chi connectivity index (χ1v) is 11.1. The molecule has 1 aromatic heterocycles. The fraction of sp³-hybridized carbons (Fsp3) is 0.360.